The van der Waals surface area contributed by atoms with Crippen LogP contribution in [0.5, 0.6) is 0 Å². The number of hydrogen-bond acceptors (Lipinski definition) is 2. The number of piperazine rings is 1. The first-order valence-corrected chi connectivity index (χ1v) is 8.53. The number of nitrogens with zero attached hydrogens (tertiary/aromatic N) is 1. The molecule has 112 valence electrons. The highest BCUT2D eigenvalue weighted by atomic mass is 15.2. The summed E-state index contributed by atoms with van der Waals surface area (Å²) in [5.74, 6) is 2.70. The maximum absolute atomic E-state index is 3.74. The summed E-state index contributed by atoms with van der Waals surface area (Å²) in [7, 11) is 0. The summed E-state index contributed by atoms with van der Waals surface area (Å²) in [5.41, 5.74) is 0. The summed E-state index contributed by atoms with van der Waals surface area (Å²) >= 11 is 0. The molecule has 19 heavy (non-hydrogen) atoms. The molecule has 0 aromatic heterocycles. The first kappa shape index (κ1) is 15.3. The molecule has 0 bridgehead atoms. The van der Waals surface area contributed by atoms with Gasteiger partial charge in [0.1, 0.15) is 0 Å². The molecule has 1 N–H and O–H groups in total. The van der Waals surface area contributed by atoms with Gasteiger partial charge in [-0.15, -0.1) is 0 Å². The van der Waals surface area contributed by atoms with Gasteiger partial charge in [0.15, 0.2) is 0 Å². The van der Waals surface area contributed by atoms with Crippen molar-refractivity contribution in [3.63, 3.8) is 0 Å². The summed E-state index contributed by atoms with van der Waals surface area (Å²) < 4.78 is 0. The minimum Gasteiger partial charge on any atom is -0.311 e. The van der Waals surface area contributed by atoms with Gasteiger partial charge in [0, 0.05) is 31.7 Å². The Kier molecular flexibility index (Phi) is 5.70. The summed E-state index contributed by atoms with van der Waals surface area (Å²) in [4.78, 5) is 2.77. The van der Waals surface area contributed by atoms with Crippen LogP contribution < -0.4 is 5.32 Å². The highest BCUT2D eigenvalue weighted by Gasteiger charge is 2.29. The van der Waals surface area contributed by atoms with Crippen LogP contribution in [0.25, 0.3) is 0 Å². The van der Waals surface area contributed by atoms with Crippen LogP contribution in [0.4, 0.5) is 0 Å². The lowest BCUT2D eigenvalue weighted by atomic mass is 9.80. The zero-order chi connectivity index (χ0) is 13.8. The van der Waals surface area contributed by atoms with Gasteiger partial charge in [-0.2, -0.15) is 0 Å². The standard InChI is InChI=1S/C17H34N2/c1-13(2)9-17-12-19(15(4)10-18-17)11-16-8-6-5-7-14(16)3/h13-18H,5-12H2,1-4H3. The Morgan fingerprint density at radius 2 is 1.89 bits per heavy atom. The average Bonchev–Trinajstić information content (AvgIpc) is 2.35. The van der Waals surface area contributed by atoms with Crippen molar-refractivity contribution >= 4 is 0 Å². The van der Waals surface area contributed by atoms with Gasteiger partial charge in [-0.25, -0.2) is 0 Å². The third kappa shape index (κ3) is 4.46. The number of nitrogens with one attached hydrogen (secondary N) is 1. The Morgan fingerprint density at radius 1 is 1.16 bits per heavy atom. The maximum Gasteiger partial charge on any atom is 0.0198 e. The fourth-order valence-electron chi connectivity index (χ4n) is 3.94. The molecule has 4 unspecified atom stereocenters. The van der Waals surface area contributed by atoms with Gasteiger partial charge in [0.25, 0.3) is 0 Å². The fourth-order valence-corrected chi connectivity index (χ4v) is 3.94. The van der Waals surface area contributed by atoms with Gasteiger partial charge in [0.05, 0.1) is 0 Å². The molecule has 2 heteroatoms. The van der Waals surface area contributed by atoms with Crippen molar-refractivity contribution in [1.29, 1.82) is 0 Å². The summed E-state index contributed by atoms with van der Waals surface area (Å²) in [6.45, 7) is 13.3. The van der Waals surface area contributed by atoms with E-state index in [2.05, 4.69) is 37.9 Å². The Hall–Kier alpha value is -0.0800. The van der Waals surface area contributed by atoms with E-state index in [4.69, 9.17) is 0 Å². The molecule has 0 aromatic rings. The zero-order valence-electron chi connectivity index (χ0n) is 13.5. The minimum atomic E-state index is 0.718. The lowest BCUT2D eigenvalue weighted by molar-refractivity contribution is 0.0860. The highest BCUT2D eigenvalue weighted by molar-refractivity contribution is 4.87. The molecule has 2 rings (SSSR count). The largest absolute Gasteiger partial charge is 0.311 e. The summed E-state index contributed by atoms with van der Waals surface area (Å²) in [6.07, 6.45) is 7.17. The van der Waals surface area contributed by atoms with E-state index >= 15 is 0 Å². The normalized spacial score (nSPS) is 37.7. The first-order valence-electron chi connectivity index (χ1n) is 8.53. The van der Waals surface area contributed by atoms with Crippen molar-refractivity contribution in [3.05, 3.63) is 0 Å². The van der Waals surface area contributed by atoms with E-state index in [9.17, 15) is 0 Å². The third-order valence-electron chi connectivity index (χ3n) is 5.29. The molecule has 1 aliphatic heterocycles. The van der Waals surface area contributed by atoms with Crippen LogP contribution >= 0.6 is 0 Å². The molecule has 4 atom stereocenters. The lowest BCUT2D eigenvalue weighted by Crippen LogP contribution is -2.57. The molecule has 0 spiro atoms. The third-order valence-corrected chi connectivity index (χ3v) is 5.29. The molecule has 0 aromatic carbocycles. The van der Waals surface area contributed by atoms with Gasteiger partial charge in [-0.1, -0.05) is 40.0 Å². The van der Waals surface area contributed by atoms with Crippen LogP contribution in [0.15, 0.2) is 0 Å². The average molecular weight is 266 g/mol. The van der Waals surface area contributed by atoms with Crippen molar-refractivity contribution < 1.29 is 0 Å². The molecule has 2 aliphatic rings. The zero-order valence-corrected chi connectivity index (χ0v) is 13.5. The molecule has 0 radical (unpaired) electrons. The van der Waals surface area contributed by atoms with Crippen LogP contribution in [0.3, 0.4) is 0 Å². The van der Waals surface area contributed by atoms with Crippen LogP contribution in [-0.4, -0.2) is 36.6 Å². The Labute approximate surface area is 120 Å². The molecule has 1 aliphatic carbocycles. The number of rotatable bonds is 4. The van der Waals surface area contributed by atoms with Crippen molar-refractivity contribution in [2.45, 2.75) is 71.9 Å². The molecule has 1 heterocycles. The van der Waals surface area contributed by atoms with Crippen molar-refractivity contribution in [3.8, 4) is 0 Å². The van der Waals surface area contributed by atoms with E-state index < -0.39 is 0 Å². The molecular formula is C17H34N2. The van der Waals surface area contributed by atoms with E-state index in [1.807, 2.05) is 0 Å². The Balaban J connectivity index is 1.86. The summed E-state index contributed by atoms with van der Waals surface area (Å²) in [6, 6.07) is 1.44. The Morgan fingerprint density at radius 3 is 2.58 bits per heavy atom. The van der Waals surface area contributed by atoms with Gasteiger partial charge in [-0.3, -0.25) is 4.90 Å². The monoisotopic (exact) mass is 266 g/mol. The topological polar surface area (TPSA) is 15.3 Å². The van der Waals surface area contributed by atoms with Crippen molar-refractivity contribution in [2.24, 2.45) is 17.8 Å². The SMILES string of the molecule is CC(C)CC1CN(CC2CCCCC2C)C(C)CN1. The predicted molar refractivity (Wildman–Crippen MR) is 83.4 cm³/mol. The van der Waals surface area contributed by atoms with Crippen molar-refractivity contribution in [1.82, 2.24) is 10.2 Å². The van der Waals surface area contributed by atoms with E-state index in [1.54, 1.807) is 0 Å². The smallest absolute Gasteiger partial charge is 0.0198 e. The molecule has 2 nitrogen and oxygen atoms in total. The Bertz CT molecular complexity index is 264. The van der Waals surface area contributed by atoms with Gasteiger partial charge < -0.3 is 5.32 Å². The van der Waals surface area contributed by atoms with Gasteiger partial charge in [-0.05, 0) is 37.5 Å². The first-order chi connectivity index (χ1) is 9.06. The van der Waals surface area contributed by atoms with Crippen LogP contribution in [0.2, 0.25) is 0 Å². The molecular weight excluding hydrogens is 232 g/mol. The number of hydrogen-bond donors (Lipinski definition) is 1. The van der Waals surface area contributed by atoms with Crippen LogP contribution in [0, 0.1) is 17.8 Å². The fraction of sp³-hybridized carbons (Fsp3) is 1.00. The van der Waals surface area contributed by atoms with Crippen LogP contribution in [-0.2, 0) is 0 Å². The molecule has 1 saturated carbocycles. The molecule has 2 fully saturated rings. The highest BCUT2D eigenvalue weighted by Crippen LogP contribution is 2.31. The minimum absolute atomic E-state index is 0.718. The van der Waals surface area contributed by atoms with E-state index in [0.29, 0.717) is 0 Å². The molecule has 1 saturated heterocycles. The van der Waals surface area contributed by atoms with Crippen molar-refractivity contribution in [2.75, 3.05) is 19.6 Å². The second-order valence-corrected chi connectivity index (χ2v) is 7.56. The molecule has 0 amide bonds. The maximum atomic E-state index is 3.74. The van der Waals surface area contributed by atoms with Crippen LogP contribution in [0.1, 0.15) is 59.8 Å². The lowest BCUT2D eigenvalue weighted by Gasteiger charge is -2.43. The second kappa shape index (κ2) is 7.08. The second-order valence-electron chi connectivity index (χ2n) is 7.56. The summed E-state index contributed by atoms with van der Waals surface area (Å²) in [5, 5.41) is 3.74. The van der Waals surface area contributed by atoms with E-state index in [1.165, 1.54) is 51.7 Å². The van der Waals surface area contributed by atoms with E-state index in [0.717, 1.165) is 29.8 Å². The van der Waals surface area contributed by atoms with Gasteiger partial charge >= 0.3 is 0 Å². The quantitative estimate of drug-likeness (QED) is 0.837. The predicted octanol–water partition coefficient (Wildman–Crippen LogP) is 3.52. The van der Waals surface area contributed by atoms with Gasteiger partial charge in [0.2, 0.25) is 0 Å². The van der Waals surface area contributed by atoms with E-state index in [-0.39, 0.29) is 0 Å².